The Bertz CT molecular complexity index is 996. The number of hydrogen-bond donors (Lipinski definition) is 2. The molecular weight excluding hydrogens is 371 g/mol. The van der Waals surface area contributed by atoms with Gasteiger partial charge in [0, 0.05) is 13.2 Å². The molecule has 2 aromatic carbocycles. The maximum Gasteiger partial charge on any atom is 0.237 e. The van der Waals surface area contributed by atoms with E-state index in [0.717, 1.165) is 33.5 Å². The number of carbonyl (C=O) groups is 1. The lowest BCUT2D eigenvalue weighted by molar-refractivity contribution is -0.122. The Labute approximate surface area is 169 Å². The fraction of sp³-hybridized carbons (Fsp3) is 0.364. The van der Waals surface area contributed by atoms with Crippen molar-refractivity contribution < 1.29 is 13.9 Å². The molecule has 0 fully saturated rings. The highest BCUT2D eigenvalue weighted by atomic mass is 19.1. The van der Waals surface area contributed by atoms with Gasteiger partial charge in [-0.05, 0) is 61.7 Å². The molecule has 0 aliphatic rings. The zero-order valence-electron chi connectivity index (χ0n) is 17.0. The summed E-state index contributed by atoms with van der Waals surface area (Å²) in [6, 6.07) is 9.96. The Morgan fingerprint density at radius 3 is 2.69 bits per heavy atom. The second-order valence-electron chi connectivity index (χ2n) is 7.05. The van der Waals surface area contributed by atoms with Crippen molar-refractivity contribution in [2.75, 3.05) is 13.2 Å². The van der Waals surface area contributed by atoms with Crippen molar-refractivity contribution in [1.82, 2.24) is 14.9 Å². The molecule has 6 nitrogen and oxygen atoms in total. The number of aromatic nitrogens is 2. The Morgan fingerprint density at radius 2 is 2.03 bits per heavy atom. The van der Waals surface area contributed by atoms with Crippen molar-refractivity contribution >= 4 is 16.9 Å². The predicted octanol–water partition coefficient (Wildman–Crippen LogP) is 3.15. The van der Waals surface area contributed by atoms with Crippen LogP contribution in [0, 0.1) is 12.7 Å². The van der Waals surface area contributed by atoms with E-state index in [1.54, 1.807) is 19.1 Å². The minimum atomic E-state index is -0.580. The average molecular weight is 398 g/mol. The fourth-order valence-corrected chi connectivity index (χ4v) is 3.28. The number of nitrogens with two attached hydrogens (primary N) is 1. The molecule has 154 valence electrons. The van der Waals surface area contributed by atoms with E-state index in [9.17, 15) is 9.18 Å². The second kappa shape index (κ2) is 9.15. The summed E-state index contributed by atoms with van der Waals surface area (Å²) in [6.45, 7) is 7.66. The van der Waals surface area contributed by atoms with Gasteiger partial charge >= 0.3 is 0 Å². The van der Waals surface area contributed by atoms with Crippen LogP contribution in [0.4, 0.5) is 4.39 Å². The van der Waals surface area contributed by atoms with Crippen molar-refractivity contribution in [3.8, 4) is 11.1 Å². The molecule has 3 N–H and O–H groups in total. The van der Waals surface area contributed by atoms with Crippen LogP contribution in [-0.4, -0.2) is 34.7 Å². The monoisotopic (exact) mass is 398 g/mol. The summed E-state index contributed by atoms with van der Waals surface area (Å²) in [5.74, 6) is 0.252. The van der Waals surface area contributed by atoms with Gasteiger partial charge in [0.25, 0.3) is 0 Å². The number of nitrogens with one attached hydrogen (secondary N) is 1. The number of benzene rings is 2. The highest BCUT2D eigenvalue weighted by Gasteiger charge is 2.15. The van der Waals surface area contributed by atoms with Crippen LogP contribution in [-0.2, 0) is 22.6 Å². The van der Waals surface area contributed by atoms with E-state index in [4.69, 9.17) is 15.5 Å². The topological polar surface area (TPSA) is 82.2 Å². The summed E-state index contributed by atoms with van der Waals surface area (Å²) < 4.78 is 20.9. The smallest absolute Gasteiger partial charge is 0.237 e. The normalized spacial score (nSPS) is 12.3. The van der Waals surface area contributed by atoms with E-state index in [-0.39, 0.29) is 18.3 Å². The number of hydrogen-bond acceptors (Lipinski definition) is 4. The fourth-order valence-electron chi connectivity index (χ4n) is 3.28. The molecule has 0 spiro atoms. The molecule has 0 saturated carbocycles. The van der Waals surface area contributed by atoms with Gasteiger partial charge in [-0.2, -0.15) is 0 Å². The number of halogens is 1. The highest BCUT2D eigenvalue weighted by molar-refractivity contribution is 5.85. The number of aryl methyl sites for hydroxylation is 1. The Hall–Kier alpha value is -2.77. The molecule has 1 amide bonds. The molecule has 7 heteroatoms. The first-order valence-electron chi connectivity index (χ1n) is 9.77. The standard InChI is InChI=1S/C22H27FN4O2/c1-4-29-10-9-27-20-12-18(16-5-7-17(23)8-6-16)14(2)11-19(20)26-21(27)13-25-22(28)15(3)24/h5-8,11-12,15H,4,9-10,13,24H2,1-3H3,(H,25,28)/t15-/m0/s1. The third kappa shape index (κ3) is 4.81. The van der Waals surface area contributed by atoms with Gasteiger partial charge in [-0.3, -0.25) is 4.79 Å². The van der Waals surface area contributed by atoms with Crippen LogP contribution in [0.25, 0.3) is 22.2 Å². The van der Waals surface area contributed by atoms with E-state index in [1.807, 2.05) is 19.9 Å². The minimum absolute atomic E-state index is 0.225. The molecule has 0 aliphatic carbocycles. The summed E-state index contributed by atoms with van der Waals surface area (Å²) in [7, 11) is 0. The van der Waals surface area contributed by atoms with Gasteiger partial charge in [-0.25, -0.2) is 9.37 Å². The van der Waals surface area contributed by atoms with E-state index in [0.29, 0.717) is 19.8 Å². The predicted molar refractivity (Wildman–Crippen MR) is 112 cm³/mol. The summed E-state index contributed by atoms with van der Waals surface area (Å²) in [5.41, 5.74) is 10.4. The Kier molecular flexibility index (Phi) is 6.61. The average Bonchev–Trinajstić information content (AvgIpc) is 3.02. The number of imidazole rings is 1. The third-order valence-electron chi connectivity index (χ3n) is 4.83. The van der Waals surface area contributed by atoms with Crippen molar-refractivity contribution in [3.63, 3.8) is 0 Å². The lowest BCUT2D eigenvalue weighted by atomic mass is 10.00. The lowest BCUT2D eigenvalue weighted by Gasteiger charge is -2.12. The molecule has 0 unspecified atom stereocenters. The van der Waals surface area contributed by atoms with Gasteiger partial charge in [-0.15, -0.1) is 0 Å². The molecule has 1 atom stereocenters. The Balaban J connectivity index is 2.02. The summed E-state index contributed by atoms with van der Waals surface area (Å²) in [6.07, 6.45) is 0. The number of ether oxygens (including phenoxy) is 1. The van der Waals surface area contributed by atoms with E-state index in [2.05, 4.69) is 16.0 Å². The summed E-state index contributed by atoms with van der Waals surface area (Å²) in [5, 5.41) is 2.83. The van der Waals surface area contributed by atoms with E-state index >= 15 is 0 Å². The van der Waals surface area contributed by atoms with Crippen molar-refractivity contribution in [3.05, 3.63) is 53.6 Å². The number of amides is 1. The molecule has 0 saturated heterocycles. The second-order valence-corrected chi connectivity index (χ2v) is 7.05. The van der Waals surface area contributed by atoms with Gasteiger partial charge in [0.15, 0.2) is 0 Å². The first kappa shape index (κ1) is 21.0. The largest absolute Gasteiger partial charge is 0.380 e. The zero-order chi connectivity index (χ0) is 21.0. The first-order chi connectivity index (χ1) is 13.9. The van der Waals surface area contributed by atoms with Crippen LogP contribution in [0.1, 0.15) is 25.2 Å². The van der Waals surface area contributed by atoms with Crippen molar-refractivity contribution in [2.24, 2.45) is 5.73 Å². The maximum atomic E-state index is 13.3. The minimum Gasteiger partial charge on any atom is -0.380 e. The van der Waals surface area contributed by atoms with Gasteiger partial charge < -0.3 is 20.4 Å². The molecular formula is C22H27FN4O2. The van der Waals surface area contributed by atoms with E-state index in [1.165, 1.54) is 12.1 Å². The molecule has 0 bridgehead atoms. The molecule has 3 rings (SSSR count). The molecule has 29 heavy (non-hydrogen) atoms. The van der Waals surface area contributed by atoms with Crippen LogP contribution in [0.3, 0.4) is 0 Å². The van der Waals surface area contributed by atoms with Crippen LogP contribution in [0.2, 0.25) is 0 Å². The van der Waals surface area contributed by atoms with Gasteiger partial charge in [-0.1, -0.05) is 12.1 Å². The number of carbonyl (C=O) groups excluding carboxylic acids is 1. The molecule has 0 aliphatic heterocycles. The quantitative estimate of drug-likeness (QED) is 0.571. The van der Waals surface area contributed by atoms with Crippen molar-refractivity contribution in [1.29, 1.82) is 0 Å². The van der Waals surface area contributed by atoms with Crippen LogP contribution >= 0.6 is 0 Å². The highest BCUT2D eigenvalue weighted by Crippen LogP contribution is 2.29. The molecule has 3 aromatic rings. The van der Waals surface area contributed by atoms with Gasteiger partial charge in [0.2, 0.25) is 5.91 Å². The Morgan fingerprint density at radius 1 is 1.31 bits per heavy atom. The third-order valence-corrected chi connectivity index (χ3v) is 4.83. The maximum absolute atomic E-state index is 13.3. The van der Waals surface area contributed by atoms with Crippen LogP contribution in [0.15, 0.2) is 36.4 Å². The zero-order valence-corrected chi connectivity index (χ0v) is 17.0. The van der Waals surface area contributed by atoms with Crippen LogP contribution < -0.4 is 11.1 Å². The summed E-state index contributed by atoms with van der Waals surface area (Å²) >= 11 is 0. The molecule has 1 aromatic heterocycles. The van der Waals surface area contributed by atoms with Gasteiger partial charge in [0.1, 0.15) is 11.6 Å². The molecule has 1 heterocycles. The number of rotatable bonds is 8. The first-order valence-corrected chi connectivity index (χ1v) is 9.77. The van der Waals surface area contributed by atoms with Gasteiger partial charge in [0.05, 0.1) is 30.2 Å². The lowest BCUT2D eigenvalue weighted by Crippen LogP contribution is -2.38. The number of fused-ring (bicyclic) bond motifs is 1. The summed E-state index contributed by atoms with van der Waals surface area (Å²) in [4.78, 5) is 16.6. The van der Waals surface area contributed by atoms with Crippen LogP contribution in [0.5, 0.6) is 0 Å². The SMILES string of the molecule is CCOCCn1c(CNC(=O)[C@H](C)N)nc2cc(C)c(-c3ccc(F)cc3)cc21. The molecule has 0 radical (unpaired) electrons. The van der Waals surface area contributed by atoms with E-state index < -0.39 is 6.04 Å². The number of nitrogens with zero attached hydrogens (tertiary/aromatic N) is 2. The van der Waals surface area contributed by atoms with Crippen molar-refractivity contribution in [2.45, 2.75) is 39.9 Å².